The number of anilines is 1. The molecule has 8 rings (SSSR count). The molecule has 0 spiro atoms. The maximum absolute atomic E-state index is 14.9. The van der Waals surface area contributed by atoms with E-state index in [1.54, 1.807) is 24.6 Å². The molecule has 17 nitrogen and oxygen atoms in total. The molecule has 2 aromatic heterocycles. The minimum Gasteiger partial charge on any atom is -0.465 e. The molecule has 3 saturated heterocycles. The summed E-state index contributed by atoms with van der Waals surface area (Å²) < 4.78 is 0. The first-order valence-electron chi connectivity index (χ1n) is 21.5. The standard InChI is InChI=1S/C44H57N9O8S2/c1-23-18-27(26-10-8-16-51(26)43(33(56)49-37(58)59)35-47-28(21-62-35)40(43,5)19-31(45)54)53(25-14-12-24(13-15-25)39(2,3)4)42(23,7)30-11-9-17-52(30)44(34(57)50-38(60)61)36-48-29(22-63-36)41(44,6)20-32(46)55/h12-15,21-23,26-27,30H,8-11,16-20H2,1-7H3,(H2,45,54)(H2,46,55)(H,49,56)(H,50,57)(H,58,59)(H,60,61)/t23?,26?,27-,30?,40?,41?,42-,43+,44+/m1/s1. The summed E-state index contributed by atoms with van der Waals surface area (Å²) in [5.41, 5.74) is 7.96. The lowest BCUT2D eigenvalue weighted by Gasteiger charge is -2.57. The number of carbonyl (C=O) groups is 6. The maximum atomic E-state index is 14.9. The Balaban J connectivity index is 1.31. The molecule has 3 aromatic rings. The van der Waals surface area contributed by atoms with Gasteiger partial charge in [-0.1, -0.05) is 53.7 Å². The molecule has 0 aliphatic carbocycles. The third kappa shape index (κ3) is 6.19. The predicted molar refractivity (Wildman–Crippen MR) is 235 cm³/mol. The highest BCUT2D eigenvalue weighted by Crippen LogP contribution is 2.62. The van der Waals surface area contributed by atoms with E-state index in [9.17, 15) is 39.0 Å². The van der Waals surface area contributed by atoms with E-state index in [-0.39, 0.29) is 36.3 Å². The number of rotatable bonds is 11. The van der Waals surface area contributed by atoms with E-state index < -0.39 is 69.3 Å². The summed E-state index contributed by atoms with van der Waals surface area (Å²) in [6.45, 7) is 15.2. The number of benzene rings is 1. The first kappa shape index (κ1) is 44.6. The Morgan fingerprint density at radius 3 is 1.71 bits per heavy atom. The van der Waals surface area contributed by atoms with Gasteiger partial charge in [0.05, 0.1) is 27.8 Å². The molecule has 7 heterocycles. The van der Waals surface area contributed by atoms with Crippen LogP contribution in [0.5, 0.6) is 0 Å². The lowest BCUT2D eigenvalue weighted by Crippen LogP contribution is -2.72. The summed E-state index contributed by atoms with van der Waals surface area (Å²) in [6, 6.07) is 7.36. The zero-order chi connectivity index (χ0) is 45.8. The average Bonchev–Trinajstić information content (AvgIpc) is 4.03. The van der Waals surface area contributed by atoms with Gasteiger partial charge in [-0.2, -0.15) is 0 Å². The first-order chi connectivity index (χ1) is 29.5. The van der Waals surface area contributed by atoms with E-state index in [1.807, 2.05) is 0 Å². The van der Waals surface area contributed by atoms with Gasteiger partial charge >= 0.3 is 12.2 Å². The van der Waals surface area contributed by atoms with Gasteiger partial charge in [-0.15, -0.1) is 22.7 Å². The van der Waals surface area contributed by atoms with Gasteiger partial charge in [0.1, 0.15) is 10.0 Å². The minimum atomic E-state index is -1.69. The van der Waals surface area contributed by atoms with Crippen LogP contribution in [0, 0.1) is 5.92 Å². The normalized spacial score (nSPS) is 33.8. The Morgan fingerprint density at radius 2 is 1.24 bits per heavy atom. The van der Waals surface area contributed by atoms with Crippen LogP contribution < -0.4 is 27.0 Å². The Morgan fingerprint density at radius 1 is 0.762 bits per heavy atom. The quantitative estimate of drug-likeness (QED) is 0.156. The number of carbonyl (C=O) groups excluding carboxylic acids is 4. The number of carboxylic acid groups (broad SMARTS) is 2. The van der Waals surface area contributed by atoms with Crippen molar-refractivity contribution in [3.05, 3.63) is 62.0 Å². The summed E-state index contributed by atoms with van der Waals surface area (Å²) in [7, 11) is 0. The zero-order valence-electron chi connectivity index (χ0n) is 36.7. The number of hydrogen-bond donors (Lipinski definition) is 6. The molecular formula is C44H57N9O8S2. The lowest BCUT2D eigenvalue weighted by atomic mass is 9.65. The maximum Gasteiger partial charge on any atom is 0.411 e. The lowest BCUT2D eigenvalue weighted by molar-refractivity contribution is -0.143. The SMILES string of the molecule is CC1C[C@H](C2CCCN2[C@@]2(C(=O)NC(=O)O)c3nc(cs3)C2(C)CC(N)=O)N(c2ccc(C(C)(C)C)cc2)[C@@]1(C)C1CCCN1[C@@]1(C(=O)NC(=O)O)c2nc(cs2)C1(C)CC(N)=O. The Labute approximate surface area is 374 Å². The molecule has 6 amide bonds. The molecular weight excluding hydrogens is 847 g/mol. The zero-order valence-corrected chi connectivity index (χ0v) is 38.3. The van der Waals surface area contributed by atoms with E-state index in [1.165, 1.54) is 22.7 Å². The molecule has 338 valence electrons. The van der Waals surface area contributed by atoms with Crippen LogP contribution in [-0.4, -0.2) is 103 Å². The van der Waals surface area contributed by atoms with Gasteiger partial charge in [-0.25, -0.2) is 19.6 Å². The van der Waals surface area contributed by atoms with Gasteiger partial charge < -0.3 is 26.6 Å². The van der Waals surface area contributed by atoms with Crippen molar-refractivity contribution in [1.29, 1.82) is 0 Å². The molecule has 0 radical (unpaired) electrons. The second kappa shape index (κ2) is 15.1. The summed E-state index contributed by atoms with van der Waals surface area (Å²) >= 11 is 2.51. The number of hydrogen-bond acceptors (Lipinski definition) is 13. The van der Waals surface area contributed by atoms with Crippen LogP contribution in [0.4, 0.5) is 15.3 Å². The molecule has 4 bridgehead atoms. The van der Waals surface area contributed by atoms with Gasteiger partial charge in [0.2, 0.25) is 11.8 Å². The fourth-order valence-electron chi connectivity index (χ4n) is 12.7. The predicted octanol–water partition coefficient (Wildman–Crippen LogP) is 4.47. The van der Waals surface area contributed by atoms with Gasteiger partial charge in [0, 0.05) is 60.5 Å². The number of imide groups is 2. The topological polar surface area (TPSA) is 254 Å². The summed E-state index contributed by atoms with van der Waals surface area (Å²) in [5.74, 6) is -2.98. The highest BCUT2D eigenvalue weighted by Gasteiger charge is 2.73. The van der Waals surface area contributed by atoms with Crippen molar-refractivity contribution >= 4 is 64.2 Å². The van der Waals surface area contributed by atoms with Crippen molar-refractivity contribution in [3.63, 3.8) is 0 Å². The molecule has 1 aromatic carbocycles. The minimum absolute atomic E-state index is 0.0949. The fourth-order valence-corrected chi connectivity index (χ4v) is 15.3. The number of primary amides is 2. The summed E-state index contributed by atoms with van der Waals surface area (Å²) in [6.07, 6.45) is -0.361. The van der Waals surface area contributed by atoms with Gasteiger partial charge in [0.15, 0.2) is 11.1 Å². The number of fused-ring (bicyclic) bond motifs is 4. The Hall–Kier alpha value is -4.98. The van der Waals surface area contributed by atoms with Crippen molar-refractivity contribution in [3.8, 4) is 0 Å². The van der Waals surface area contributed by atoms with E-state index in [2.05, 4.69) is 84.2 Å². The van der Waals surface area contributed by atoms with Crippen molar-refractivity contribution in [1.82, 2.24) is 30.4 Å². The Bertz CT molecular complexity index is 2400. The Kier molecular flexibility index (Phi) is 10.7. The molecule has 8 N–H and O–H groups in total. The molecule has 5 unspecified atom stereocenters. The van der Waals surface area contributed by atoms with Crippen LogP contribution in [0.3, 0.4) is 0 Å². The van der Waals surface area contributed by atoms with Gasteiger partial charge in [0.25, 0.3) is 11.8 Å². The molecule has 0 saturated carbocycles. The number of nitrogens with zero attached hydrogens (tertiary/aromatic N) is 5. The second-order valence-corrected chi connectivity index (χ2v) is 21.5. The summed E-state index contributed by atoms with van der Waals surface area (Å²) in [4.78, 5) is 96.5. The van der Waals surface area contributed by atoms with E-state index >= 15 is 0 Å². The summed E-state index contributed by atoms with van der Waals surface area (Å²) in [5, 5.41) is 28.8. The van der Waals surface area contributed by atoms with Crippen LogP contribution >= 0.6 is 22.7 Å². The van der Waals surface area contributed by atoms with Crippen molar-refractivity contribution in [2.75, 3.05) is 18.0 Å². The number of aromatic nitrogens is 2. The van der Waals surface area contributed by atoms with Crippen molar-refractivity contribution < 1.29 is 39.0 Å². The van der Waals surface area contributed by atoms with Crippen LogP contribution in [0.15, 0.2) is 35.0 Å². The van der Waals surface area contributed by atoms with E-state index in [0.29, 0.717) is 66.6 Å². The third-order valence-electron chi connectivity index (χ3n) is 15.5. The van der Waals surface area contributed by atoms with Crippen LogP contribution in [0.1, 0.15) is 120 Å². The molecule has 3 fully saturated rings. The molecule has 5 aliphatic rings. The average molecular weight is 904 g/mol. The second-order valence-electron chi connectivity index (χ2n) is 19.8. The molecule has 19 heteroatoms. The molecule has 9 atom stereocenters. The highest BCUT2D eigenvalue weighted by atomic mass is 32.1. The van der Waals surface area contributed by atoms with Crippen LogP contribution in [-0.2, 0) is 46.5 Å². The number of amides is 6. The number of thiazole rings is 2. The van der Waals surface area contributed by atoms with Crippen molar-refractivity contribution in [2.24, 2.45) is 17.4 Å². The fraction of sp³-hybridized carbons (Fsp3) is 0.591. The molecule has 5 aliphatic heterocycles. The van der Waals surface area contributed by atoms with E-state index in [0.717, 1.165) is 11.3 Å². The van der Waals surface area contributed by atoms with Crippen LogP contribution in [0.2, 0.25) is 0 Å². The largest absolute Gasteiger partial charge is 0.465 e. The molecule has 63 heavy (non-hydrogen) atoms. The third-order valence-corrected chi connectivity index (χ3v) is 17.4. The first-order valence-corrected chi connectivity index (χ1v) is 23.3. The smallest absolute Gasteiger partial charge is 0.411 e. The number of nitrogens with two attached hydrogens (primary N) is 2. The van der Waals surface area contributed by atoms with Crippen LogP contribution in [0.25, 0.3) is 0 Å². The monoisotopic (exact) mass is 903 g/mol. The van der Waals surface area contributed by atoms with E-state index in [4.69, 9.17) is 21.4 Å². The number of nitrogens with one attached hydrogen (secondary N) is 2. The van der Waals surface area contributed by atoms with Gasteiger partial charge in [-0.3, -0.25) is 39.6 Å². The highest BCUT2D eigenvalue weighted by molar-refractivity contribution is 7.10. The van der Waals surface area contributed by atoms with Crippen molar-refractivity contribution in [2.45, 2.75) is 144 Å². The number of likely N-dealkylation sites (tertiary alicyclic amines) is 2. The van der Waals surface area contributed by atoms with Gasteiger partial charge in [-0.05, 0) is 68.1 Å².